The van der Waals surface area contributed by atoms with E-state index in [9.17, 15) is 18.0 Å². The maximum absolute atomic E-state index is 12.2. The molecule has 2 amide bonds. The fourth-order valence-electron chi connectivity index (χ4n) is 2.03. The van der Waals surface area contributed by atoms with E-state index in [0.717, 1.165) is 5.69 Å². The van der Waals surface area contributed by atoms with Gasteiger partial charge in [-0.25, -0.2) is 13.1 Å². The van der Waals surface area contributed by atoms with Crippen molar-refractivity contribution in [1.29, 1.82) is 0 Å². The number of carbonyl (C=O) groups excluding carboxylic acids is 2. The average Bonchev–Trinajstić information content (AvgIpc) is 2.55. The Kier molecular flexibility index (Phi) is 5.20. The van der Waals surface area contributed by atoms with Crippen molar-refractivity contribution in [3.05, 3.63) is 60.2 Å². The number of anilines is 1. The van der Waals surface area contributed by atoms with Crippen LogP contribution in [0, 0.1) is 0 Å². The Morgan fingerprint density at radius 3 is 2.17 bits per heavy atom. The molecule has 0 spiro atoms. The summed E-state index contributed by atoms with van der Waals surface area (Å²) in [5, 5.41) is 0. The molecule has 0 aliphatic heterocycles. The van der Waals surface area contributed by atoms with Crippen LogP contribution in [0.5, 0.6) is 0 Å². The van der Waals surface area contributed by atoms with Gasteiger partial charge in [0.15, 0.2) is 0 Å². The summed E-state index contributed by atoms with van der Waals surface area (Å²) in [7, 11) is -2.32. The minimum Gasteiger partial charge on any atom is -0.366 e. The quantitative estimate of drug-likeness (QED) is 0.800. The fourth-order valence-corrected chi connectivity index (χ4v) is 3.01. The summed E-state index contributed by atoms with van der Waals surface area (Å²) in [5.74, 6) is -1.33. The topological polar surface area (TPSA) is 110 Å². The number of sulfonamides is 1. The molecular formula is C16H17N3O4S. The largest absolute Gasteiger partial charge is 0.366 e. The maximum Gasteiger partial charge on any atom is 0.264 e. The molecule has 0 aromatic heterocycles. The maximum atomic E-state index is 12.2. The normalized spacial score (nSPS) is 10.9. The van der Waals surface area contributed by atoms with Crippen LogP contribution in [0.4, 0.5) is 5.69 Å². The lowest BCUT2D eigenvalue weighted by Crippen LogP contribution is -2.38. The van der Waals surface area contributed by atoms with Crippen LogP contribution in [0.1, 0.15) is 10.4 Å². The van der Waals surface area contributed by atoms with Crippen molar-refractivity contribution in [2.45, 2.75) is 4.90 Å². The van der Waals surface area contributed by atoms with Crippen LogP contribution in [-0.2, 0) is 14.8 Å². The molecule has 2 rings (SSSR count). The number of likely N-dealkylation sites (N-methyl/N-ethyl adjacent to an activating group) is 1. The highest BCUT2D eigenvalue weighted by atomic mass is 32.2. The van der Waals surface area contributed by atoms with Crippen LogP contribution in [0.3, 0.4) is 0 Å². The van der Waals surface area contributed by atoms with E-state index in [2.05, 4.69) is 0 Å². The van der Waals surface area contributed by atoms with E-state index < -0.39 is 21.8 Å². The number of nitrogens with zero attached hydrogens (tertiary/aromatic N) is 1. The van der Waals surface area contributed by atoms with Crippen molar-refractivity contribution in [2.24, 2.45) is 5.73 Å². The molecule has 7 nitrogen and oxygen atoms in total. The summed E-state index contributed by atoms with van der Waals surface area (Å²) in [6.45, 7) is -0.122. The molecule has 126 valence electrons. The highest BCUT2D eigenvalue weighted by Crippen LogP contribution is 2.12. The highest BCUT2D eigenvalue weighted by Gasteiger charge is 2.19. The molecule has 2 aromatic rings. The Hall–Kier alpha value is -2.87. The van der Waals surface area contributed by atoms with E-state index in [1.54, 1.807) is 11.9 Å². The number of rotatable bonds is 6. The van der Waals surface area contributed by atoms with Crippen LogP contribution in [-0.4, -0.2) is 33.8 Å². The van der Waals surface area contributed by atoms with Crippen molar-refractivity contribution in [3.63, 3.8) is 0 Å². The van der Waals surface area contributed by atoms with Gasteiger partial charge in [-0.2, -0.15) is 0 Å². The summed E-state index contributed by atoms with van der Waals surface area (Å²) >= 11 is 0. The third-order valence-electron chi connectivity index (χ3n) is 3.28. The molecule has 0 unspecified atom stereocenters. The van der Waals surface area contributed by atoms with E-state index in [4.69, 9.17) is 5.73 Å². The first-order chi connectivity index (χ1) is 11.3. The van der Waals surface area contributed by atoms with Crippen molar-refractivity contribution in [2.75, 3.05) is 18.5 Å². The van der Waals surface area contributed by atoms with E-state index >= 15 is 0 Å². The molecule has 0 heterocycles. The number of benzene rings is 2. The van der Waals surface area contributed by atoms with E-state index in [1.165, 1.54) is 24.3 Å². The minimum atomic E-state index is -4.01. The first-order valence-corrected chi connectivity index (χ1v) is 8.49. The Labute approximate surface area is 140 Å². The summed E-state index contributed by atoms with van der Waals surface area (Å²) in [6.07, 6.45) is 0. The SMILES string of the molecule is CN(CC(=O)NS(=O)(=O)c1ccc(C(N)=O)cc1)c1ccccc1. The molecule has 0 atom stereocenters. The van der Waals surface area contributed by atoms with Gasteiger partial charge in [0, 0.05) is 18.3 Å². The van der Waals surface area contributed by atoms with Gasteiger partial charge in [0.2, 0.25) is 5.91 Å². The van der Waals surface area contributed by atoms with Gasteiger partial charge in [0.05, 0.1) is 11.4 Å². The number of carbonyl (C=O) groups is 2. The van der Waals surface area contributed by atoms with Crippen molar-refractivity contribution < 1.29 is 18.0 Å². The first-order valence-electron chi connectivity index (χ1n) is 7.01. The van der Waals surface area contributed by atoms with Crippen LogP contribution < -0.4 is 15.4 Å². The minimum absolute atomic E-state index is 0.122. The van der Waals surface area contributed by atoms with E-state index in [-0.39, 0.29) is 17.0 Å². The average molecular weight is 347 g/mol. The Balaban J connectivity index is 2.05. The molecule has 0 saturated carbocycles. The van der Waals surface area contributed by atoms with E-state index in [1.807, 2.05) is 35.1 Å². The molecule has 0 aliphatic rings. The van der Waals surface area contributed by atoms with Crippen LogP contribution >= 0.6 is 0 Å². The molecular weight excluding hydrogens is 330 g/mol. The van der Waals surface area contributed by atoms with Gasteiger partial charge in [-0.1, -0.05) is 18.2 Å². The second-order valence-corrected chi connectivity index (χ2v) is 6.79. The van der Waals surface area contributed by atoms with Crippen LogP contribution in [0.25, 0.3) is 0 Å². The van der Waals surface area contributed by atoms with Crippen molar-refractivity contribution >= 4 is 27.5 Å². The third kappa shape index (κ3) is 4.32. The van der Waals surface area contributed by atoms with Gasteiger partial charge in [0.25, 0.3) is 15.9 Å². The molecule has 0 bridgehead atoms. The molecule has 0 saturated heterocycles. The lowest BCUT2D eigenvalue weighted by molar-refractivity contribution is -0.118. The van der Waals surface area contributed by atoms with Crippen molar-refractivity contribution in [1.82, 2.24) is 4.72 Å². The number of hydrogen-bond donors (Lipinski definition) is 2. The lowest BCUT2D eigenvalue weighted by Gasteiger charge is -2.18. The second kappa shape index (κ2) is 7.14. The lowest BCUT2D eigenvalue weighted by atomic mass is 10.2. The molecule has 0 radical (unpaired) electrons. The molecule has 8 heteroatoms. The molecule has 24 heavy (non-hydrogen) atoms. The molecule has 0 fully saturated rings. The van der Waals surface area contributed by atoms with Gasteiger partial charge in [0.1, 0.15) is 0 Å². The number of hydrogen-bond acceptors (Lipinski definition) is 5. The number of nitrogens with two attached hydrogens (primary N) is 1. The molecule has 0 aliphatic carbocycles. The first kappa shape index (κ1) is 17.5. The van der Waals surface area contributed by atoms with Crippen LogP contribution in [0.2, 0.25) is 0 Å². The number of amides is 2. The van der Waals surface area contributed by atoms with Crippen LogP contribution in [0.15, 0.2) is 59.5 Å². The number of para-hydroxylation sites is 1. The summed E-state index contributed by atoms with van der Waals surface area (Å²) in [4.78, 5) is 24.5. The number of nitrogens with one attached hydrogen (secondary N) is 1. The highest BCUT2D eigenvalue weighted by molar-refractivity contribution is 7.90. The molecule has 2 aromatic carbocycles. The van der Waals surface area contributed by atoms with E-state index in [0.29, 0.717) is 0 Å². The Morgan fingerprint density at radius 1 is 1.04 bits per heavy atom. The Morgan fingerprint density at radius 2 is 1.62 bits per heavy atom. The third-order valence-corrected chi connectivity index (χ3v) is 4.66. The zero-order chi connectivity index (χ0) is 17.7. The summed E-state index contributed by atoms with van der Waals surface area (Å²) < 4.78 is 26.3. The smallest absolute Gasteiger partial charge is 0.264 e. The zero-order valence-corrected chi connectivity index (χ0v) is 13.8. The van der Waals surface area contributed by atoms with Gasteiger partial charge in [-0.05, 0) is 36.4 Å². The van der Waals surface area contributed by atoms with Gasteiger partial charge in [-0.3, -0.25) is 9.59 Å². The predicted molar refractivity (Wildman–Crippen MR) is 90.0 cm³/mol. The van der Waals surface area contributed by atoms with Gasteiger partial charge >= 0.3 is 0 Å². The standard InChI is InChI=1S/C16H17N3O4S/c1-19(13-5-3-2-4-6-13)11-15(20)18-24(22,23)14-9-7-12(8-10-14)16(17)21/h2-10H,11H2,1H3,(H2,17,21)(H,18,20). The predicted octanol–water partition coefficient (Wildman–Crippen LogP) is 0.727. The molecule has 3 N–H and O–H groups in total. The second-order valence-electron chi connectivity index (χ2n) is 5.11. The van der Waals surface area contributed by atoms with Gasteiger partial charge < -0.3 is 10.6 Å². The van der Waals surface area contributed by atoms with Gasteiger partial charge in [-0.15, -0.1) is 0 Å². The zero-order valence-electron chi connectivity index (χ0n) is 13.0. The van der Waals surface area contributed by atoms with Crippen molar-refractivity contribution in [3.8, 4) is 0 Å². The Bertz CT molecular complexity index is 833. The number of primary amides is 1. The summed E-state index contributed by atoms with van der Waals surface area (Å²) in [6, 6.07) is 14.1. The monoisotopic (exact) mass is 347 g/mol. The summed E-state index contributed by atoms with van der Waals surface area (Å²) in [5.41, 5.74) is 6.07. The fraction of sp³-hybridized carbons (Fsp3) is 0.125.